The fourth-order valence-electron chi connectivity index (χ4n) is 1.97. The Labute approximate surface area is 115 Å². The molecule has 0 saturated carbocycles. The fourth-order valence-corrected chi connectivity index (χ4v) is 2.64. The lowest BCUT2D eigenvalue weighted by molar-refractivity contribution is 0.602. The molecular weight excluding hydrogens is 276 g/mol. The van der Waals surface area contributed by atoms with Gasteiger partial charge in [-0.05, 0) is 24.3 Å². The van der Waals surface area contributed by atoms with Crippen LogP contribution in [0.5, 0.6) is 0 Å². The maximum atomic E-state index is 11.6. The zero-order valence-corrected chi connectivity index (χ0v) is 11.5. The molecule has 0 aliphatic rings. The van der Waals surface area contributed by atoms with Crippen molar-refractivity contribution in [2.45, 2.75) is 4.90 Å². The van der Waals surface area contributed by atoms with Crippen molar-refractivity contribution in [3.05, 3.63) is 42.6 Å². The van der Waals surface area contributed by atoms with Gasteiger partial charge in [-0.15, -0.1) is 10.2 Å². The van der Waals surface area contributed by atoms with Crippen LogP contribution in [0.1, 0.15) is 0 Å². The van der Waals surface area contributed by atoms with Gasteiger partial charge in [-0.25, -0.2) is 8.42 Å². The van der Waals surface area contributed by atoms with Crippen LogP contribution in [0.15, 0.2) is 47.5 Å². The van der Waals surface area contributed by atoms with E-state index in [0.29, 0.717) is 22.7 Å². The summed E-state index contributed by atoms with van der Waals surface area (Å²) in [6.45, 7) is 0. The lowest BCUT2D eigenvalue weighted by Crippen LogP contribution is -1.98. The second kappa shape index (κ2) is 4.31. The maximum Gasteiger partial charge on any atom is 0.175 e. The summed E-state index contributed by atoms with van der Waals surface area (Å²) in [4.78, 5) is 0.246. The SMILES string of the molecule is CS(=O)(=O)c1cccc(-c2nnc3ccc(N)cn23)c1. The van der Waals surface area contributed by atoms with E-state index in [4.69, 9.17) is 5.73 Å². The van der Waals surface area contributed by atoms with Gasteiger partial charge in [-0.1, -0.05) is 12.1 Å². The number of nitrogens with zero attached hydrogens (tertiary/aromatic N) is 3. The van der Waals surface area contributed by atoms with Gasteiger partial charge >= 0.3 is 0 Å². The van der Waals surface area contributed by atoms with E-state index >= 15 is 0 Å². The lowest BCUT2D eigenvalue weighted by Gasteiger charge is -2.03. The van der Waals surface area contributed by atoms with Crippen molar-refractivity contribution in [2.24, 2.45) is 0 Å². The molecule has 0 aliphatic carbocycles. The Hall–Kier alpha value is -2.41. The van der Waals surface area contributed by atoms with Gasteiger partial charge in [-0.3, -0.25) is 4.40 Å². The van der Waals surface area contributed by atoms with Gasteiger partial charge in [0.1, 0.15) is 0 Å². The molecule has 0 aliphatic heterocycles. The number of hydrogen-bond acceptors (Lipinski definition) is 5. The summed E-state index contributed by atoms with van der Waals surface area (Å²) in [5.74, 6) is 0.554. The molecule has 0 atom stereocenters. The molecule has 2 aromatic heterocycles. The fraction of sp³-hybridized carbons (Fsp3) is 0.0769. The molecule has 0 bridgehead atoms. The third kappa shape index (κ3) is 2.12. The number of rotatable bonds is 2. The van der Waals surface area contributed by atoms with Crippen LogP contribution in [-0.4, -0.2) is 29.3 Å². The second-order valence-electron chi connectivity index (χ2n) is 4.51. The zero-order chi connectivity index (χ0) is 14.3. The van der Waals surface area contributed by atoms with E-state index in [1.54, 1.807) is 47.0 Å². The standard InChI is InChI=1S/C13H12N4O2S/c1-20(18,19)11-4-2-3-9(7-11)13-16-15-12-6-5-10(14)8-17(12)13/h2-8H,14H2,1H3. The van der Waals surface area contributed by atoms with E-state index in [9.17, 15) is 8.42 Å². The smallest absolute Gasteiger partial charge is 0.175 e. The molecule has 0 unspecified atom stereocenters. The van der Waals surface area contributed by atoms with Crippen LogP contribution in [-0.2, 0) is 9.84 Å². The van der Waals surface area contributed by atoms with E-state index in [1.807, 2.05) is 0 Å². The Kier molecular flexibility index (Phi) is 2.72. The number of hydrogen-bond donors (Lipinski definition) is 1. The number of aromatic nitrogens is 3. The first-order valence-corrected chi connectivity index (χ1v) is 7.75. The predicted molar refractivity (Wildman–Crippen MR) is 75.9 cm³/mol. The van der Waals surface area contributed by atoms with Crippen LogP contribution in [0.3, 0.4) is 0 Å². The van der Waals surface area contributed by atoms with Crippen molar-refractivity contribution < 1.29 is 8.42 Å². The summed E-state index contributed by atoms with van der Waals surface area (Å²) in [5.41, 5.74) is 7.66. The summed E-state index contributed by atoms with van der Waals surface area (Å²) in [5, 5.41) is 8.13. The third-order valence-corrected chi connectivity index (χ3v) is 4.06. The number of anilines is 1. The Morgan fingerprint density at radius 1 is 1.15 bits per heavy atom. The summed E-state index contributed by atoms with van der Waals surface area (Å²) in [7, 11) is -3.26. The summed E-state index contributed by atoms with van der Waals surface area (Å²) >= 11 is 0. The Balaban J connectivity index is 2.23. The molecule has 3 aromatic rings. The molecule has 6 nitrogen and oxygen atoms in total. The number of benzene rings is 1. The molecule has 0 fully saturated rings. The minimum absolute atomic E-state index is 0.246. The topological polar surface area (TPSA) is 90.3 Å². The molecule has 2 N–H and O–H groups in total. The van der Waals surface area contributed by atoms with Gasteiger partial charge in [-0.2, -0.15) is 0 Å². The van der Waals surface area contributed by atoms with Gasteiger partial charge in [0.25, 0.3) is 0 Å². The number of nitrogens with two attached hydrogens (primary N) is 1. The Bertz CT molecular complexity index is 900. The summed E-state index contributed by atoms with van der Waals surface area (Å²) in [6, 6.07) is 10.1. The first-order valence-electron chi connectivity index (χ1n) is 5.86. The van der Waals surface area contributed by atoms with Crippen molar-refractivity contribution in [3.63, 3.8) is 0 Å². The lowest BCUT2D eigenvalue weighted by atomic mass is 10.2. The Morgan fingerprint density at radius 3 is 2.70 bits per heavy atom. The van der Waals surface area contributed by atoms with Gasteiger partial charge in [0.05, 0.1) is 4.90 Å². The minimum Gasteiger partial charge on any atom is -0.398 e. The van der Waals surface area contributed by atoms with Crippen molar-refractivity contribution in [1.29, 1.82) is 0 Å². The van der Waals surface area contributed by atoms with Crippen LogP contribution in [0, 0.1) is 0 Å². The highest BCUT2D eigenvalue weighted by Crippen LogP contribution is 2.22. The monoisotopic (exact) mass is 288 g/mol. The van der Waals surface area contributed by atoms with E-state index in [2.05, 4.69) is 10.2 Å². The van der Waals surface area contributed by atoms with E-state index in [-0.39, 0.29) is 4.90 Å². The molecular formula is C13H12N4O2S. The third-order valence-electron chi connectivity index (χ3n) is 2.95. The second-order valence-corrected chi connectivity index (χ2v) is 6.53. The minimum atomic E-state index is -3.26. The van der Waals surface area contributed by atoms with Crippen LogP contribution < -0.4 is 5.73 Å². The normalized spacial score (nSPS) is 11.8. The van der Waals surface area contributed by atoms with Crippen LogP contribution in [0.25, 0.3) is 17.0 Å². The average Bonchev–Trinajstić information content (AvgIpc) is 2.81. The molecule has 3 rings (SSSR count). The summed E-state index contributed by atoms with van der Waals surface area (Å²) in [6.07, 6.45) is 2.88. The van der Waals surface area contributed by atoms with Crippen molar-refractivity contribution in [1.82, 2.24) is 14.6 Å². The molecule has 102 valence electrons. The number of nitrogen functional groups attached to an aromatic ring is 1. The molecule has 7 heteroatoms. The van der Waals surface area contributed by atoms with Crippen molar-refractivity contribution in [2.75, 3.05) is 12.0 Å². The van der Waals surface area contributed by atoms with Crippen molar-refractivity contribution >= 4 is 21.2 Å². The van der Waals surface area contributed by atoms with E-state index < -0.39 is 9.84 Å². The maximum absolute atomic E-state index is 11.6. The largest absolute Gasteiger partial charge is 0.398 e. The first-order chi connectivity index (χ1) is 9.45. The van der Waals surface area contributed by atoms with Crippen LogP contribution >= 0.6 is 0 Å². The highest BCUT2D eigenvalue weighted by molar-refractivity contribution is 7.90. The summed E-state index contributed by atoms with van der Waals surface area (Å²) < 4.78 is 25.0. The molecule has 0 spiro atoms. The van der Waals surface area contributed by atoms with Gasteiger partial charge in [0, 0.05) is 23.7 Å². The molecule has 20 heavy (non-hydrogen) atoms. The average molecular weight is 288 g/mol. The molecule has 0 saturated heterocycles. The first kappa shape index (κ1) is 12.6. The molecule has 0 amide bonds. The van der Waals surface area contributed by atoms with Gasteiger partial charge < -0.3 is 5.73 Å². The highest BCUT2D eigenvalue weighted by atomic mass is 32.2. The predicted octanol–water partition coefficient (Wildman–Crippen LogP) is 1.38. The van der Waals surface area contributed by atoms with E-state index in [1.165, 1.54) is 6.26 Å². The number of sulfone groups is 1. The quantitative estimate of drug-likeness (QED) is 0.769. The number of fused-ring (bicyclic) bond motifs is 1. The number of pyridine rings is 1. The van der Waals surface area contributed by atoms with Crippen LogP contribution in [0.2, 0.25) is 0 Å². The van der Waals surface area contributed by atoms with Crippen LogP contribution in [0.4, 0.5) is 5.69 Å². The Morgan fingerprint density at radius 2 is 1.95 bits per heavy atom. The highest BCUT2D eigenvalue weighted by Gasteiger charge is 2.12. The van der Waals surface area contributed by atoms with Gasteiger partial charge in [0.15, 0.2) is 21.3 Å². The molecule has 2 heterocycles. The molecule has 0 radical (unpaired) electrons. The zero-order valence-electron chi connectivity index (χ0n) is 10.7. The van der Waals surface area contributed by atoms with Gasteiger partial charge in [0.2, 0.25) is 0 Å². The van der Waals surface area contributed by atoms with E-state index in [0.717, 1.165) is 0 Å². The van der Waals surface area contributed by atoms with Crippen molar-refractivity contribution in [3.8, 4) is 11.4 Å². The molecule has 1 aromatic carbocycles.